The van der Waals surface area contributed by atoms with Gasteiger partial charge in [-0.15, -0.1) is 0 Å². The average Bonchev–Trinajstić information content (AvgIpc) is 2.39. The topological polar surface area (TPSA) is 77.8 Å². The van der Waals surface area contributed by atoms with E-state index >= 15 is 0 Å². The fourth-order valence-electron chi connectivity index (χ4n) is 1.65. The fourth-order valence-corrected chi connectivity index (χ4v) is 1.65. The van der Waals surface area contributed by atoms with Crippen LogP contribution in [-0.2, 0) is 4.79 Å². The van der Waals surface area contributed by atoms with Crippen LogP contribution in [0, 0.1) is 0 Å². The Morgan fingerprint density at radius 2 is 1.32 bits per heavy atom. The summed E-state index contributed by atoms with van der Waals surface area (Å²) in [6, 6.07) is 12.2. The summed E-state index contributed by atoms with van der Waals surface area (Å²) in [5, 5.41) is 27.6. The zero-order valence-electron chi connectivity index (χ0n) is 9.95. The third kappa shape index (κ3) is 3.13. The van der Waals surface area contributed by atoms with E-state index in [1.807, 2.05) is 0 Å². The summed E-state index contributed by atoms with van der Waals surface area (Å²) in [4.78, 5) is 11.3. The molecule has 0 aromatic heterocycles. The smallest absolute Gasteiger partial charge is 0.336 e. The molecular formula is C15H12O4. The van der Waals surface area contributed by atoms with Crippen LogP contribution in [-0.4, -0.2) is 21.3 Å². The molecule has 0 radical (unpaired) electrons. The second-order valence-corrected chi connectivity index (χ2v) is 4.00. The molecule has 4 nitrogen and oxygen atoms in total. The number of benzene rings is 2. The lowest BCUT2D eigenvalue weighted by Gasteiger charge is -2.03. The highest BCUT2D eigenvalue weighted by Gasteiger charge is 2.10. The van der Waals surface area contributed by atoms with Crippen molar-refractivity contribution in [3.8, 4) is 11.5 Å². The van der Waals surface area contributed by atoms with Crippen LogP contribution in [0.4, 0.5) is 0 Å². The van der Waals surface area contributed by atoms with Gasteiger partial charge in [0.25, 0.3) is 0 Å². The zero-order chi connectivity index (χ0) is 13.8. The molecule has 0 spiro atoms. The van der Waals surface area contributed by atoms with Crippen LogP contribution >= 0.6 is 0 Å². The number of carboxylic acids is 1. The van der Waals surface area contributed by atoms with E-state index in [0.717, 1.165) is 0 Å². The maximum atomic E-state index is 11.3. The molecule has 0 aliphatic heterocycles. The lowest BCUT2D eigenvalue weighted by atomic mass is 10.0. The molecular weight excluding hydrogens is 244 g/mol. The van der Waals surface area contributed by atoms with Crippen LogP contribution in [0.25, 0.3) is 11.6 Å². The average molecular weight is 256 g/mol. The summed E-state index contributed by atoms with van der Waals surface area (Å²) >= 11 is 0. The summed E-state index contributed by atoms with van der Waals surface area (Å²) in [5.74, 6) is -0.851. The predicted octanol–water partition coefficient (Wildman–Crippen LogP) is 2.72. The normalized spacial score (nSPS) is 11.3. The van der Waals surface area contributed by atoms with Crippen molar-refractivity contribution < 1.29 is 20.1 Å². The van der Waals surface area contributed by atoms with Crippen LogP contribution in [0.2, 0.25) is 0 Å². The molecule has 0 aliphatic rings. The molecule has 0 bridgehead atoms. The van der Waals surface area contributed by atoms with Crippen molar-refractivity contribution in [3.63, 3.8) is 0 Å². The number of hydrogen-bond donors (Lipinski definition) is 3. The summed E-state index contributed by atoms with van der Waals surface area (Å²) in [5.41, 5.74) is 1.28. The van der Waals surface area contributed by atoms with Crippen LogP contribution < -0.4 is 0 Å². The Hall–Kier alpha value is -2.75. The third-order valence-corrected chi connectivity index (χ3v) is 2.61. The van der Waals surface area contributed by atoms with Crippen LogP contribution in [0.5, 0.6) is 11.5 Å². The molecule has 0 atom stereocenters. The van der Waals surface area contributed by atoms with Gasteiger partial charge < -0.3 is 15.3 Å². The number of hydrogen-bond acceptors (Lipinski definition) is 3. The summed E-state index contributed by atoms with van der Waals surface area (Å²) < 4.78 is 0. The minimum atomic E-state index is -1.06. The minimum absolute atomic E-state index is 0.0816. The molecule has 0 amide bonds. The first kappa shape index (κ1) is 12.7. The van der Waals surface area contributed by atoms with Gasteiger partial charge in [-0.2, -0.15) is 0 Å². The standard InChI is InChI=1S/C15H12O4/c16-12-5-1-10(2-6-12)9-14(15(18)19)11-3-7-13(17)8-4-11/h1-9,16-17H,(H,18,19). The number of aliphatic carboxylic acids is 1. The number of carbonyl (C=O) groups is 1. The van der Waals surface area contributed by atoms with Crippen molar-refractivity contribution in [1.82, 2.24) is 0 Å². The maximum Gasteiger partial charge on any atom is 0.336 e. The maximum absolute atomic E-state index is 11.3. The second kappa shape index (κ2) is 5.27. The van der Waals surface area contributed by atoms with E-state index in [-0.39, 0.29) is 17.1 Å². The lowest BCUT2D eigenvalue weighted by molar-refractivity contribution is -0.130. The third-order valence-electron chi connectivity index (χ3n) is 2.61. The van der Waals surface area contributed by atoms with Crippen molar-refractivity contribution >= 4 is 17.6 Å². The van der Waals surface area contributed by atoms with Gasteiger partial charge in [0.2, 0.25) is 0 Å². The van der Waals surface area contributed by atoms with Crippen molar-refractivity contribution in [2.75, 3.05) is 0 Å². The summed E-state index contributed by atoms with van der Waals surface area (Å²) in [6.07, 6.45) is 1.51. The van der Waals surface area contributed by atoms with Gasteiger partial charge in [-0.1, -0.05) is 24.3 Å². The molecule has 0 heterocycles. The molecule has 0 saturated carbocycles. The minimum Gasteiger partial charge on any atom is -0.508 e. The summed E-state index contributed by atoms with van der Waals surface area (Å²) in [6.45, 7) is 0. The second-order valence-electron chi connectivity index (χ2n) is 4.00. The zero-order valence-corrected chi connectivity index (χ0v) is 9.95. The van der Waals surface area contributed by atoms with Crippen molar-refractivity contribution in [1.29, 1.82) is 0 Å². The van der Waals surface area contributed by atoms with E-state index < -0.39 is 5.97 Å². The first-order valence-electron chi connectivity index (χ1n) is 5.60. The van der Waals surface area contributed by atoms with Gasteiger partial charge in [0.15, 0.2) is 0 Å². The van der Waals surface area contributed by atoms with Crippen LogP contribution in [0.15, 0.2) is 48.5 Å². The van der Waals surface area contributed by atoms with E-state index in [1.54, 1.807) is 12.1 Å². The van der Waals surface area contributed by atoms with E-state index in [0.29, 0.717) is 11.1 Å². The molecule has 2 aromatic carbocycles. The van der Waals surface area contributed by atoms with Crippen molar-refractivity contribution in [2.45, 2.75) is 0 Å². The van der Waals surface area contributed by atoms with Crippen molar-refractivity contribution in [3.05, 3.63) is 59.7 Å². The van der Waals surface area contributed by atoms with Gasteiger partial charge in [-0.05, 0) is 41.5 Å². The largest absolute Gasteiger partial charge is 0.508 e. The highest BCUT2D eigenvalue weighted by atomic mass is 16.4. The molecule has 19 heavy (non-hydrogen) atoms. The highest BCUT2D eigenvalue weighted by Crippen LogP contribution is 2.22. The first-order chi connectivity index (χ1) is 9.06. The first-order valence-corrected chi connectivity index (χ1v) is 5.60. The Bertz CT molecular complexity index is 610. The molecule has 0 aliphatic carbocycles. The molecule has 2 aromatic rings. The Balaban J connectivity index is 2.43. The van der Waals surface area contributed by atoms with Gasteiger partial charge in [0, 0.05) is 0 Å². The number of aromatic hydroxyl groups is 2. The molecule has 2 rings (SSSR count). The van der Waals surface area contributed by atoms with Crippen LogP contribution in [0.1, 0.15) is 11.1 Å². The Morgan fingerprint density at radius 1 is 0.842 bits per heavy atom. The molecule has 3 N–H and O–H groups in total. The number of phenols is 2. The number of phenolic OH excluding ortho intramolecular Hbond substituents is 2. The van der Waals surface area contributed by atoms with Gasteiger partial charge in [-0.3, -0.25) is 0 Å². The van der Waals surface area contributed by atoms with E-state index in [9.17, 15) is 20.1 Å². The Kier molecular flexibility index (Phi) is 3.52. The Morgan fingerprint density at radius 3 is 1.79 bits per heavy atom. The van der Waals surface area contributed by atoms with Crippen LogP contribution in [0.3, 0.4) is 0 Å². The molecule has 4 heteroatoms. The lowest BCUT2D eigenvalue weighted by Crippen LogP contribution is -1.99. The van der Waals surface area contributed by atoms with Gasteiger partial charge in [-0.25, -0.2) is 4.79 Å². The number of rotatable bonds is 3. The van der Waals surface area contributed by atoms with Gasteiger partial charge in [0.05, 0.1) is 5.57 Å². The highest BCUT2D eigenvalue weighted by molar-refractivity contribution is 6.20. The summed E-state index contributed by atoms with van der Waals surface area (Å²) in [7, 11) is 0. The fraction of sp³-hybridized carbons (Fsp3) is 0. The monoisotopic (exact) mass is 256 g/mol. The molecule has 0 fully saturated rings. The van der Waals surface area contributed by atoms with E-state index in [2.05, 4.69) is 0 Å². The van der Waals surface area contributed by atoms with E-state index in [1.165, 1.54) is 42.5 Å². The van der Waals surface area contributed by atoms with Crippen molar-refractivity contribution in [2.24, 2.45) is 0 Å². The SMILES string of the molecule is O=C(O)C(=Cc1ccc(O)cc1)c1ccc(O)cc1. The number of carboxylic acid groups (broad SMARTS) is 1. The molecule has 96 valence electrons. The molecule has 0 saturated heterocycles. The van der Waals surface area contributed by atoms with Gasteiger partial charge in [0.1, 0.15) is 11.5 Å². The van der Waals surface area contributed by atoms with Gasteiger partial charge >= 0.3 is 5.97 Å². The predicted molar refractivity (Wildman–Crippen MR) is 71.7 cm³/mol. The quantitative estimate of drug-likeness (QED) is 0.583. The Labute approximate surface area is 109 Å². The molecule has 0 unspecified atom stereocenters. The van der Waals surface area contributed by atoms with E-state index in [4.69, 9.17) is 0 Å².